The quantitative estimate of drug-likeness (QED) is 0.507. The Kier molecular flexibility index (Phi) is 4.04. The zero-order valence-electron chi connectivity index (χ0n) is 8.99. The lowest BCUT2D eigenvalue weighted by molar-refractivity contribution is 0.0524. The highest BCUT2D eigenvalue weighted by molar-refractivity contribution is 5.92. The van der Waals surface area contributed by atoms with Crippen LogP contribution in [0.1, 0.15) is 22.0 Å². The number of rotatable bonds is 3. The van der Waals surface area contributed by atoms with Gasteiger partial charge in [0.05, 0.1) is 13.2 Å². The van der Waals surface area contributed by atoms with Crippen molar-refractivity contribution in [2.24, 2.45) is 0 Å². The fourth-order valence-corrected chi connectivity index (χ4v) is 1.27. The number of aromatic hydroxyl groups is 1. The third-order valence-corrected chi connectivity index (χ3v) is 2.20. The zero-order valence-corrected chi connectivity index (χ0v) is 8.99. The highest BCUT2D eigenvalue weighted by atomic mass is 16.5. The first-order valence-corrected chi connectivity index (χ1v) is 4.68. The van der Waals surface area contributed by atoms with E-state index in [1.165, 1.54) is 25.3 Å². The first kappa shape index (κ1) is 13.0. The molecule has 0 saturated carbocycles. The number of carbonyl (C=O) groups excluding carboxylic acids is 1. The van der Waals surface area contributed by atoms with E-state index in [1.807, 2.05) is 0 Å². The minimum absolute atomic E-state index is 0.0603. The molecule has 0 aliphatic rings. The summed E-state index contributed by atoms with van der Waals surface area (Å²) in [6, 6.07) is 5.11. The molecular formula is C11H11NO5. The number of phenols is 1. The average molecular weight is 237 g/mol. The predicted octanol–water partition coefficient (Wildman–Crippen LogP) is 0.0967. The van der Waals surface area contributed by atoms with Gasteiger partial charge in [-0.3, -0.25) is 0 Å². The van der Waals surface area contributed by atoms with E-state index in [1.54, 1.807) is 0 Å². The number of nitrogens with zero attached hydrogens (tertiary/aromatic N) is 1. The van der Waals surface area contributed by atoms with Crippen molar-refractivity contribution >= 4 is 5.97 Å². The van der Waals surface area contributed by atoms with Crippen LogP contribution in [0.2, 0.25) is 0 Å². The molecule has 0 saturated heterocycles. The van der Waals surface area contributed by atoms with Crippen LogP contribution in [-0.2, 0) is 4.74 Å². The van der Waals surface area contributed by atoms with Crippen molar-refractivity contribution in [1.29, 1.82) is 5.26 Å². The number of carbonyl (C=O) groups is 1. The lowest BCUT2D eigenvalue weighted by Gasteiger charge is -2.13. The third kappa shape index (κ3) is 2.72. The van der Waals surface area contributed by atoms with Crippen molar-refractivity contribution in [1.82, 2.24) is 0 Å². The SMILES string of the molecule is COC(=O)c1ccc(C(O)C(O)C#N)cc1O. The van der Waals surface area contributed by atoms with E-state index >= 15 is 0 Å². The minimum atomic E-state index is -1.60. The Labute approximate surface area is 97.3 Å². The molecule has 17 heavy (non-hydrogen) atoms. The summed E-state index contributed by atoms with van der Waals surface area (Å²) in [6.07, 6.45) is -3.05. The summed E-state index contributed by atoms with van der Waals surface area (Å²) >= 11 is 0. The number of ether oxygens (including phenoxy) is 1. The molecule has 0 bridgehead atoms. The molecule has 0 spiro atoms. The fourth-order valence-electron chi connectivity index (χ4n) is 1.27. The van der Waals surface area contributed by atoms with E-state index < -0.39 is 23.9 Å². The van der Waals surface area contributed by atoms with Crippen molar-refractivity contribution in [2.45, 2.75) is 12.2 Å². The second-order valence-corrected chi connectivity index (χ2v) is 3.29. The smallest absolute Gasteiger partial charge is 0.341 e. The molecule has 6 heteroatoms. The standard InChI is InChI=1S/C11H11NO5/c1-17-11(16)7-3-2-6(4-8(7)13)10(15)9(14)5-12/h2-4,9-10,13-15H,1H3. The third-order valence-electron chi connectivity index (χ3n) is 2.20. The van der Waals surface area contributed by atoms with E-state index in [-0.39, 0.29) is 11.1 Å². The zero-order chi connectivity index (χ0) is 13.0. The van der Waals surface area contributed by atoms with Gasteiger partial charge in [0.2, 0.25) is 0 Å². The number of methoxy groups -OCH3 is 1. The Balaban J connectivity index is 3.05. The molecule has 0 heterocycles. The number of aliphatic hydroxyl groups excluding tert-OH is 2. The molecule has 90 valence electrons. The Bertz CT molecular complexity index is 465. The van der Waals surface area contributed by atoms with Crippen LogP contribution in [0.5, 0.6) is 5.75 Å². The molecule has 0 fully saturated rings. The van der Waals surface area contributed by atoms with Crippen molar-refractivity contribution in [3.63, 3.8) is 0 Å². The van der Waals surface area contributed by atoms with Gasteiger partial charge in [0.15, 0.2) is 6.10 Å². The molecule has 1 rings (SSSR count). The number of phenolic OH excluding ortho intramolecular Hbond substituents is 1. The molecule has 0 aromatic heterocycles. The minimum Gasteiger partial charge on any atom is -0.507 e. The molecule has 0 aliphatic heterocycles. The van der Waals surface area contributed by atoms with Gasteiger partial charge >= 0.3 is 5.97 Å². The molecule has 1 aromatic carbocycles. The Morgan fingerprint density at radius 2 is 2.12 bits per heavy atom. The van der Waals surface area contributed by atoms with E-state index in [0.717, 1.165) is 6.07 Å². The van der Waals surface area contributed by atoms with Gasteiger partial charge < -0.3 is 20.1 Å². The van der Waals surface area contributed by atoms with Crippen LogP contribution < -0.4 is 0 Å². The molecular weight excluding hydrogens is 226 g/mol. The topological polar surface area (TPSA) is 111 Å². The normalized spacial score (nSPS) is 13.5. The average Bonchev–Trinajstić information content (AvgIpc) is 2.35. The summed E-state index contributed by atoms with van der Waals surface area (Å²) in [5, 5.41) is 36.6. The molecule has 2 unspecified atom stereocenters. The maximum atomic E-state index is 11.2. The van der Waals surface area contributed by atoms with Crippen molar-refractivity contribution in [2.75, 3.05) is 7.11 Å². The van der Waals surface area contributed by atoms with Crippen molar-refractivity contribution in [3.05, 3.63) is 29.3 Å². The number of hydrogen-bond acceptors (Lipinski definition) is 6. The van der Waals surface area contributed by atoms with Crippen LogP contribution in [0.25, 0.3) is 0 Å². The second-order valence-electron chi connectivity index (χ2n) is 3.29. The van der Waals surface area contributed by atoms with Crippen LogP contribution >= 0.6 is 0 Å². The van der Waals surface area contributed by atoms with Gasteiger partial charge in [-0.15, -0.1) is 0 Å². The first-order valence-electron chi connectivity index (χ1n) is 4.68. The molecule has 3 N–H and O–H groups in total. The Morgan fingerprint density at radius 1 is 1.47 bits per heavy atom. The number of nitriles is 1. The predicted molar refractivity (Wildman–Crippen MR) is 56.0 cm³/mol. The monoisotopic (exact) mass is 237 g/mol. The number of esters is 1. The van der Waals surface area contributed by atoms with Gasteiger partial charge in [-0.1, -0.05) is 6.07 Å². The van der Waals surface area contributed by atoms with E-state index in [0.29, 0.717) is 0 Å². The highest BCUT2D eigenvalue weighted by Crippen LogP contribution is 2.25. The number of hydrogen-bond donors (Lipinski definition) is 3. The summed E-state index contributed by atoms with van der Waals surface area (Å²) in [5.74, 6) is -1.11. The van der Waals surface area contributed by atoms with Crippen LogP contribution in [0, 0.1) is 11.3 Å². The summed E-state index contributed by atoms with van der Waals surface area (Å²) in [5.41, 5.74) is 0.0686. The van der Waals surface area contributed by atoms with Crippen LogP contribution in [0.4, 0.5) is 0 Å². The summed E-state index contributed by atoms with van der Waals surface area (Å²) in [4.78, 5) is 11.2. The van der Waals surface area contributed by atoms with Gasteiger partial charge in [-0.2, -0.15) is 5.26 Å². The lowest BCUT2D eigenvalue weighted by atomic mass is 10.0. The molecule has 0 amide bonds. The molecule has 0 aliphatic carbocycles. The van der Waals surface area contributed by atoms with Gasteiger partial charge in [0, 0.05) is 0 Å². The lowest BCUT2D eigenvalue weighted by Crippen LogP contribution is -2.16. The van der Waals surface area contributed by atoms with Crippen molar-refractivity contribution in [3.8, 4) is 11.8 Å². The summed E-state index contributed by atoms with van der Waals surface area (Å²) in [7, 11) is 1.17. The molecule has 6 nitrogen and oxygen atoms in total. The van der Waals surface area contributed by atoms with Gasteiger partial charge in [-0.25, -0.2) is 4.79 Å². The van der Waals surface area contributed by atoms with Crippen molar-refractivity contribution < 1.29 is 24.9 Å². The van der Waals surface area contributed by atoms with Crippen LogP contribution in [0.15, 0.2) is 18.2 Å². The summed E-state index contributed by atoms with van der Waals surface area (Å²) < 4.78 is 4.42. The van der Waals surface area contributed by atoms with E-state index in [9.17, 15) is 15.0 Å². The largest absolute Gasteiger partial charge is 0.507 e. The fraction of sp³-hybridized carbons (Fsp3) is 0.273. The van der Waals surface area contributed by atoms with E-state index in [4.69, 9.17) is 10.4 Å². The maximum absolute atomic E-state index is 11.2. The molecule has 2 atom stereocenters. The highest BCUT2D eigenvalue weighted by Gasteiger charge is 2.20. The summed E-state index contributed by atoms with van der Waals surface area (Å²) in [6.45, 7) is 0. The van der Waals surface area contributed by atoms with E-state index in [2.05, 4.69) is 4.74 Å². The molecule has 0 radical (unpaired) electrons. The molecule has 1 aromatic rings. The van der Waals surface area contributed by atoms with Gasteiger partial charge in [0.25, 0.3) is 0 Å². The van der Waals surface area contributed by atoms with Gasteiger partial charge in [0.1, 0.15) is 17.4 Å². The van der Waals surface area contributed by atoms with Gasteiger partial charge in [-0.05, 0) is 17.7 Å². The number of aliphatic hydroxyl groups is 2. The second kappa shape index (κ2) is 5.30. The maximum Gasteiger partial charge on any atom is 0.341 e. The number of benzene rings is 1. The Morgan fingerprint density at radius 3 is 2.59 bits per heavy atom. The Hall–Kier alpha value is -2.10. The first-order chi connectivity index (χ1) is 8.01. The van der Waals surface area contributed by atoms with Crippen LogP contribution in [0.3, 0.4) is 0 Å². The van der Waals surface area contributed by atoms with Crippen LogP contribution in [-0.4, -0.2) is 34.5 Å².